The lowest BCUT2D eigenvalue weighted by molar-refractivity contribution is -0.0348. The Morgan fingerprint density at radius 1 is 1.25 bits per heavy atom. The van der Waals surface area contributed by atoms with E-state index in [1.165, 1.54) is 12.0 Å². The molecule has 1 aliphatic carbocycles. The highest BCUT2D eigenvalue weighted by Crippen LogP contribution is 2.51. The van der Waals surface area contributed by atoms with Crippen molar-refractivity contribution in [3.05, 3.63) is 35.9 Å². The Bertz CT molecular complexity index is 349. The minimum Gasteiger partial charge on any atom is -0.374 e. The summed E-state index contributed by atoms with van der Waals surface area (Å²) in [7, 11) is 0. The molecule has 1 heterocycles. The molecule has 2 nitrogen and oxygen atoms in total. The zero-order chi connectivity index (χ0) is 11.0. The van der Waals surface area contributed by atoms with E-state index in [-0.39, 0.29) is 0 Å². The molecule has 86 valence electrons. The Morgan fingerprint density at radius 2 is 2.06 bits per heavy atom. The smallest absolute Gasteiger partial charge is 0.0844 e. The van der Waals surface area contributed by atoms with Crippen LogP contribution < -0.4 is 0 Å². The molecule has 4 atom stereocenters. The van der Waals surface area contributed by atoms with Crippen molar-refractivity contribution in [3.63, 3.8) is 0 Å². The summed E-state index contributed by atoms with van der Waals surface area (Å²) in [5, 5.41) is 0. The van der Waals surface area contributed by atoms with Gasteiger partial charge in [0.2, 0.25) is 0 Å². The lowest BCUT2D eigenvalue weighted by atomic mass is 10.2. The van der Waals surface area contributed by atoms with E-state index in [9.17, 15) is 0 Å². The molecule has 0 amide bonds. The van der Waals surface area contributed by atoms with Crippen LogP contribution in [0.3, 0.4) is 0 Å². The fraction of sp³-hybridized carbons (Fsp3) is 0.571. The summed E-state index contributed by atoms with van der Waals surface area (Å²) in [5.41, 5.74) is 1.24. The van der Waals surface area contributed by atoms with E-state index in [1.54, 1.807) is 0 Å². The average Bonchev–Trinajstić information content (AvgIpc) is 3.03. The largest absolute Gasteiger partial charge is 0.374 e. The second kappa shape index (κ2) is 4.19. The number of ether oxygens (including phenoxy) is 2. The van der Waals surface area contributed by atoms with Crippen LogP contribution in [0.1, 0.15) is 18.9 Å². The number of rotatable bonds is 4. The predicted molar refractivity (Wildman–Crippen MR) is 62.0 cm³/mol. The molecule has 1 aromatic rings. The van der Waals surface area contributed by atoms with Gasteiger partial charge in [0.25, 0.3) is 0 Å². The molecule has 3 rings (SSSR count). The molecular weight excluding hydrogens is 200 g/mol. The number of benzene rings is 1. The fourth-order valence-electron chi connectivity index (χ4n) is 2.71. The van der Waals surface area contributed by atoms with Crippen molar-refractivity contribution in [2.75, 3.05) is 6.61 Å². The molecular formula is C14H18O2. The molecule has 1 aromatic carbocycles. The molecule has 0 spiro atoms. The molecule has 0 radical (unpaired) electrons. The van der Waals surface area contributed by atoms with Gasteiger partial charge in [-0.1, -0.05) is 30.3 Å². The summed E-state index contributed by atoms with van der Waals surface area (Å²) < 4.78 is 11.6. The minimum absolute atomic E-state index is 0.351. The van der Waals surface area contributed by atoms with Crippen molar-refractivity contribution in [3.8, 4) is 0 Å². The summed E-state index contributed by atoms with van der Waals surface area (Å²) in [6, 6.07) is 10.3. The maximum atomic E-state index is 5.84. The second-order valence-electron chi connectivity index (χ2n) is 4.94. The molecule has 1 aliphatic heterocycles. The van der Waals surface area contributed by atoms with Crippen LogP contribution in [0.25, 0.3) is 0 Å². The standard InChI is InChI=1S/C14H18O2/c1-10-12-7-13(12)14(16-10)9-15-8-11-5-3-2-4-6-11/h2-6,10,12-14H,7-9H2,1H3/t10?,12-,13-,14-/m0/s1. The van der Waals surface area contributed by atoms with E-state index >= 15 is 0 Å². The number of fused-ring (bicyclic) bond motifs is 1. The van der Waals surface area contributed by atoms with E-state index in [0.29, 0.717) is 18.8 Å². The van der Waals surface area contributed by atoms with Crippen LogP contribution in [-0.2, 0) is 16.1 Å². The zero-order valence-corrected chi connectivity index (χ0v) is 9.63. The van der Waals surface area contributed by atoms with Crippen LogP contribution in [0.15, 0.2) is 30.3 Å². The van der Waals surface area contributed by atoms with E-state index < -0.39 is 0 Å². The van der Waals surface area contributed by atoms with E-state index in [1.807, 2.05) is 18.2 Å². The SMILES string of the molecule is CC1O[C@@H](COCc2ccccc2)[C@H]2C[C@@H]12. The van der Waals surface area contributed by atoms with Crippen molar-refractivity contribution in [2.24, 2.45) is 11.8 Å². The normalized spacial score (nSPS) is 36.1. The van der Waals surface area contributed by atoms with Gasteiger partial charge < -0.3 is 9.47 Å². The number of hydrogen-bond acceptors (Lipinski definition) is 2. The van der Waals surface area contributed by atoms with Gasteiger partial charge in [-0.2, -0.15) is 0 Å². The van der Waals surface area contributed by atoms with Crippen LogP contribution >= 0.6 is 0 Å². The Kier molecular flexibility index (Phi) is 2.70. The van der Waals surface area contributed by atoms with E-state index in [2.05, 4.69) is 19.1 Å². The monoisotopic (exact) mass is 218 g/mol. The fourth-order valence-corrected chi connectivity index (χ4v) is 2.71. The average molecular weight is 218 g/mol. The third-order valence-electron chi connectivity index (χ3n) is 3.75. The first-order valence-electron chi connectivity index (χ1n) is 6.12. The van der Waals surface area contributed by atoms with Gasteiger partial charge in [0.05, 0.1) is 25.4 Å². The molecule has 0 N–H and O–H groups in total. The van der Waals surface area contributed by atoms with E-state index in [0.717, 1.165) is 18.4 Å². The highest BCUT2D eigenvalue weighted by atomic mass is 16.5. The van der Waals surface area contributed by atoms with Gasteiger partial charge in [0.1, 0.15) is 0 Å². The maximum Gasteiger partial charge on any atom is 0.0844 e. The maximum absolute atomic E-state index is 5.84. The van der Waals surface area contributed by atoms with Crippen LogP contribution in [0.2, 0.25) is 0 Å². The van der Waals surface area contributed by atoms with Crippen molar-refractivity contribution in [1.82, 2.24) is 0 Å². The van der Waals surface area contributed by atoms with Crippen LogP contribution in [-0.4, -0.2) is 18.8 Å². The van der Waals surface area contributed by atoms with Gasteiger partial charge in [0.15, 0.2) is 0 Å². The summed E-state index contributed by atoms with van der Waals surface area (Å²) in [4.78, 5) is 0. The van der Waals surface area contributed by atoms with Gasteiger partial charge in [-0.05, 0) is 30.7 Å². The van der Waals surface area contributed by atoms with E-state index in [4.69, 9.17) is 9.47 Å². The highest BCUT2D eigenvalue weighted by Gasteiger charge is 2.53. The summed E-state index contributed by atoms with van der Waals surface area (Å²) >= 11 is 0. The third kappa shape index (κ3) is 2.00. The quantitative estimate of drug-likeness (QED) is 0.773. The van der Waals surface area contributed by atoms with Gasteiger partial charge in [-0.3, -0.25) is 0 Å². The van der Waals surface area contributed by atoms with Gasteiger partial charge in [0, 0.05) is 0 Å². The highest BCUT2D eigenvalue weighted by molar-refractivity contribution is 5.13. The van der Waals surface area contributed by atoms with Gasteiger partial charge in [-0.15, -0.1) is 0 Å². The van der Waals surface area contributed by atoms with Crippen LogP contribution in [0.5, 0.6) is 0 Å². The molecule has 1 unspecified atom stereocenters. The molecule has 2 aliphatic rings. The lowest BCUT2D eigenvalue weighted by Gasteiger charge is -2.15. The molecule has 1 saturated heterocycles. The summed E-state index contributed by atoms with van der Waals surface area (Å²) in [6.07, 6.45) is 2.15. The summed E-state index contributed by atoms with van der Waals surface area (Å²) in [6.45, 7) is 3.63. The Balaban J connectivity index is 1.44. The van der Waals surface area contributed by atoms with Crippen molar-refractivity contribution >= 4 is 0 Å². The topological polar surface area (TPSA) is 18.5 Å². The minimum atomic E-state index is 0.351. The molecule has 0 aromatic heterocycles. The van der Waals surface area contributed by atoms with Crippen LogP contribution in [0, 0.1) is 11.8 Å². The first-order valence-corrected chi connectivity index (χ1v) is 6.12. The van der Waals surface area contributed by atoms with Crippen molar-refractivity contribution in [2.45, 2.75) is 32.2 Å². The zero-order valence-electron chi connectivity index (χ0n) is 9.63. The molecule has 0 bridgehead atoms. The van der Waals surface area contributed by atoms with Crippen molar-refractivity contribution in [1.29, 1.82) is 0 Å². The molecule has 16 heavy (non-hydrogen) atoms. The first kappa shape index (κ1) is 10.3. The summed E-state index contributed by atoms with van der Waals surface area (Å²) in [5.74, 6) is 1.61. The molecule has 1 saturated carbocycles. The second-order valence-corrected chi connectivity index (χ2v) is 4.94. The predicted octanol–water partition coefficient (Wildman–Crippen LogP) is 2.63. The molecule has 2 heteroatoms. The van der Waals surface area contributed by atoms with Crippen LogP contribution in [0.4, 0.5) is 0 Å². The third-order valence-corrected chi connectivity index (χ3v) is 3.75. The van der Waals surface area contributed by atoms with Gasteiger partial charge in [-0.25, -0.2) is 0 Å². The Morgan fingerprint density at radius 3 is 2.69 bits per heavy atom. The first-order chi connectivity index (χ1) is 7.84. The lowest BCUT2D eigenvalue weighted by Crippen LogP contribution is -2.20. The number of hydrogen-bond donors (Lipinski definition) is 0. The van der Waals surface area contributed by atoms with Crippen molar-refractivity contribution < 1.29 is 9.47 Å². The van der Waals surface area contributed by atoms with Gasteiger partial charge >= 0.3 is 0 Å². The molecule has 2 fully saturated rings. The Hall–Kier alpha value is -0.860. The Labute approximate surface area is 96.6 Å².